The molecular formula is C7H2Cl2FN2PSTl+. The first-order valence-electron chi connectivity index (χ1n) is 3.82. The Labute approximate surface area is 112 Å². The molecule has 0 aliphatic rings. The van der Waals surface area contributed by atoms with Gasteiger partial charge in [0, 0.05) is 0 Å². The van der Waals surface area contributed by atoms with Crippen molar-refractivity contribution >= 4 is 73.4 Å². The predicted molar refractivity (Wildman–Crippen MR) is 65.1 cm³/mol. The van der Waals surface area contributed by atoms with Crippen LogP contribution < -0.4 is 0 Å². The first-order chi connectivity index (χ1) is 7.15. The maximum absolute atomic E-state index is 13.3. The van der Waals surface area contributed by atoms with E-state index in [0.717, 1.165) is 4.00 Å². The molecule has 2 rings (SSSR count). The number of fused-ring (bicyclic) bond motifs is 1. The Hall–Kier alpha value is 0.772. The maximum atomic E-state index is 13.3. The van der Waals surface area contributed by atoms with E-state index >= 15 is 0 Å². The van der Waals surface area contributed by atoms with Crippen molar-refractivity contribution in [2.45, 2.75) is 0 Å². The fraction of sp³-hybridized carbons (Fsp3) is 0. The Balaban J connectivity index is 2.88. The van der Waals surface area contributed by atoms with Gasteiger partial charge in [-0.1, -0.05) is 0 Å². The Morgan fingerprint density at radius 3 is 2.93 bits per heavy atom. The van der Waals surface area contributed by atoms with Crippen molar-refractivity contribution in [1.29, 1.82) is 0 Å². The molecule has 0 bridgehead atoms. The van der Waals surface area contributed by atoms with Gasteiger partial charge in [-0.15, -0.1) is 0 Å². The molecule has 0 fully saturated rings. The number of aromatic nitrogens is 2. The summed E-state index contributed by atoms with van der Waals surface area (Å²) in [6.45, 7) is 0. The minimum absolute atomic E-state index is 0.0378. The molecular weight excluding hydrogens is 469 g/mol. The van der Waals surface area contributed by atoms with Crippen LogP contribution >= 0.6 is 27.2 Å². The summed E-state index contributed by atoms with van der Waals surface area (Å²) in [7, 11) is 0. The van der Waals surface area contributed by atoms with Crippen LogP contribution in [0.15, 0.2) is 12.3 Å². The SMILES string of the molecule is Fc1c(Cl)nc2c(cc[n]2[Tl]=[P+]=S)c1Cl. The van der Waals surface area contributed by atoms with Gasteiger partial charge in [0.2, 0.25) is 0 Å². The summed E-state index contributed by atoms with van der Waals surface area (Å²) >= 11 is 15.2. The van der Waals surface area contributed by atoms with Gasteiger partial charge in [-0.3, -0.25) is 0 Å². The van der Waals surface area contributed by atoms with Crippen LogP contribution in [0.25, 0.3) is 11.0 Å². The third kappa shape index (κ3) is 2.24. The number of pyridine rings is 1. The van der Waals surface area contributed by atoms with Gasteiger partial charge in [0.15, 0.2) is 0 Å². The van der Waals surface area contributed by atoms with Crippen LogP contribution in [0.3, 0.4) is 0 Å². The van der Waals surface area contributed by atoms with Gasteiger partial charge in [0.1, 0.15) is 0 Å². The fourth-order valence-electron chi connectivity index (χ4n) is 1.22. The van der Waals surface area contributed by atoms with E-state index in [1.54, 1.807) is 6.07 Å². The van der Waals surface area contributed by atoms with E-state index in [-0.39, 0.29) is 10.2 Å². The Morgan fingerprint density at radius 1 is 1.53 bits per heavy atom. The van der Waals surface area contributed by atoms with E-state index in [1.165, 1.54) is 0 Å². The van der Waals surface area contributed by atoms with Crippen molar-refractivity contribution in [3.05, 3.63) is 28.3 Å². The van der Waals surface area contributed by atoms with Gasteiger partial charge in [-0.05, 0) is 0 Å². The first kappa shape index (κ1) is 12.2. The van der Waals surface area contributed by atoms with Gasteiger partial charge in [-0.25, -0.2) is 0 Å². The predicted octanol–water partition coefficient (Wildman–Crippen LogP) is 3.27. The summed E-state index contributed by atoms with van der Waals surface area (Å²) in [5, 5.41) is 0.462. The number of hydrogen-bond acceptors (Lipinski definition) is 2. The summed E-state index contributed by atoms with van der Waals surface area (Å²) < 4.78 is 16.3. The summed E-state index contributed by atoms with van der Waals surface area (Å²) in [4.78, 5) is 3.98. The minimum atomic E-state index is -1.24. The van der Waals surface area contributed by atoms with Crippen molar-refractivity contribution in [3.8, 4) is 0 Å². The quantitative estimate of drug-likeness (QED) is 0.361. The zero-order valence-electron chi connectivity index (χ0n) is 7.12. The summed E-state index contributed by atoms with van der Waals surface area (Å²) in [6, 6.07) is 1.75. The van der Waals surface area contributed by atoms with E-state index in [4.69, 9.17) is 35.0 Å². The van der Waals surface area contributed by atoms with Crippen LogP contribution in [-0.4, -0.2) is 30.8 Å². The van der Waals surface area contributed by atoms with E-state index in [9.17, 15) is 4.39 Å². The second kappa shape index (κ2) is 4.96. The van der Waals surface area contributed by atoms with Crippen molar-refractivity contribution in [2.24, 2.45) is 0 Å². The summed E-state index contributed by atoms with van der Waals surface area (Å²) in [5.41, 5.74) is 0.652. The molecule has 0 amide bonds. The molecule has 0 atom stereocenters. The molecule has 0 aliphatic carbocycles. The average molecular weight is 471 g/mol. The second-order valence-corrected chi connectivity index (χ2v) is 16.8. The Morgan fingerprint density at radius 2 is 2.27 bits per heavy atom. The van der Waals surface area contributed by atoms with Gasteiger partial charge < -0.3 is 0 Å². The monoisotopic (exact) mass is 471 g/mol. The molecule has 0 saturated heterocycles. The van der Waals surface area contributed by atoms with Crippen LogP contribution in [0.4, 0.5) is 4.39 Å². The summed E-state index contributed by atoms with van der Waals surface area (Å²) in [6.07, 6.45) is 1.86. The number of rotatable bonds is 1. The molecule has 0 radical (unpaired) electrons. The zero-order chi connectivity index (χ0) is 11.0. The van der Waals surface area contributed by atoms with Crippen LogP contribution in [0, 0.1) is 5.82 Å². The molecule has 74 valence electrons. The van der Waals surface area contributed by atoms with Crippen LogP contribution in [0.2, 0.25) is 10.2 Å². The molecule has 2 aromatic rings. The molecule has 0 spiro atoms. The summed E-state index contributed by atoms with van der Waals surface area (Å²) in [5.74, 6) is -0.658. The van der Waals surface area contributed by atoms with Gasteiger partial charge in [-0.2, -0.15) is 0 Å². The van der Waals surface area contributed by atoms with Gasteiger partial charge in [0.25, 0.3) is 0 Å². The molecule has 2 nitrogen and oxygen atoms in total. The van der Waals surface area contributed by atoms with Gasteiger partial charge in [0.05, 0.1) is 0 Å². The first-order valence-corrected chi connectivity index (χ1v) is 14.6. The normalized spacial score (nSPS) is 10.3. The number of halogens is 3. The molecule has 2 heterocycles. The van der Waals surface area contributed by atoms with E-state index in [0.29, 0.717) is 11.0 Å². The molecule has 15 heavy (non-hydrogen) atoms. The molecule has 0 aromatic carbocycles. The fourth-order valence-corrected chi connectivity index (χ4v) is 9.10. The van der Waals surface area contributed by atoms with Crippen molar-refractivity contribution in [1.82, 2.24) is 7.36 Å². The van der Waals surface area contributed by atoms with Crippen LogP contribution in [-0.2, 0) is 11.8 Å². The van der Waals surface area contributed by atoms with Crippen LogP contribution in [0.5, 0.6) is 0 Å². The zero-order valence-corrected chi connectivity index (χ0v) is 14.8. The van der Waals surface area contributed by atoms with E-state index in [2.05, 4.69) is 4.98 Å². The van der Waals surface area contributed by atoms with E-state index < -0.39 is 29.2 Å². The molecule has 0 unspecified atom stereocenters. The Bertz CT molecular complexity index is 596. The molecule has 0 saturated carbocycles. The molecule has 0 N–H and O–H groups in total. The third-order valence-electron chi connectivity index (χ3n) is 1.87. The van der Waals surface area contributed by atoms with Crippen molar-refractivity contribution in [2.75, 3.05) is 0 Å². The standard InChI is InChI=1S/C7H2Cl2FN2.PS.Tl/c8-4-3-1-2-11-7(3)12-6(9)5(4)10;1-2;/h1-2H;;/q2*-1;+3. The average Bonchev–Trinajstić information content (AvgIpc) is 2.59. The van der Waals surface area contributed by atoms with Gasteiger partial charge >= 0.3 is 113 Å². The second-order valence-electron chi connectivity index (χ2n) is 2.71. The number of nitrogens with zero attached hydrogens (tertiary/aromatic N) is 2. The molecule has 8 heteroatoms. The van der Waals surface area contributed by atoms with E-state index in [1.807, 2.05) is 8.57 Å². The van der Waals surface area contributed by atoms with Crippen LogP contribution in [0.1, 0.15) is 0 Å². The molecule has 0 aliphatic heterocycles. The topological polar surface area (TPSA) is 17.8 Å². The van der Waals surface area contributed by atoms with Crippen molar-refractivity contribution < 1.29 is 4.39 Å². The van der Waals surface area contributed by atoms with Crippen molar-refractivity contribution in [3.63, 3.8) is 0 Å². The Kier molecular flexibility index (Phi) is 4.04. The molecule has 2 aromatic heterocycles. The third-order valence-corrected chi connectivity index (χ3v) is 10.9. The number of hydrogen-bond donors (Lipinski definition) is 0.